The van der Waals surface area contributed by atoms with Crippen molar-refractivity contribution in [1.29, 1.82) is 0 Å². The van der Waals surface area contributed by atoms with Gasteiger partial charge in [-0.3, -0.25) is 0 Å². The first-order valence-electron chi connectivity index (χ1n) is 8.62. The van der Waals surface area contributed by atoms with Gasteiger partial charge < -0.3 is 0 Å². The Kier molecular flexibility index (Phi) is 3.28. The maximum atomic E-state index is 2.31. The van der Waals surface area contributed by atoms with Crippen molar-refractivity contribution in [2.24, 2.45) is 0 Å². The minimum absolute atomic E-state index is 1.26. The Bertz CT molecular complexity index is 957. The number of hydrogen-bond donors (Lipinski definition) is 0. The summed E-state index contributed by atoms with van der Waals surface area (Å²) >= 11 is 0. The molecular formula is C25H17. The molecule has 0 heteroatoms. The lowest BCUT2D eigenvalue weighted by Crippen LogP contribution is -1.82. The smallest absolute Gasteiger partial charge is 0.0212 e. The van der Waals surface area contributed by atoms with E-state index in [0.717, 1.165) is 0 Å². The van der Waals surface area contributed by atoms with Crippen LogP contribution in [0.2, 0.25) is 0 Å². The van der Waals surface area contributed by atoms with Gasteiger partial charge in [0.2, 0.25) is 0 Å². The summed E-state index contributed by atoms with van der Waals surface area (Å²) in [5.41, 5.74) is 10.3. The lowest BCUT2D eigenvalue weighted by atomic mass is 9.98. The van der Waals surface area contributed by atoms with Crippen molar-refractivity contribution in [3.05, 3.63) is 115 Å². The largest absolute Gasteiger partial charge is 0.0622 e. The summed E-state index contributed by atoms with van der Waals surface area (Å²) in [4.78, 5) is 0. The third-order valence-electron chi connectivity index (χ3n) is 4.92. The van der Waals surface area contributed by atoms with E-state index in [0.29, 0.717) is 0 Å². The molecule has 1 aliphatic carbocycles. The van der Waals surface area contributed by atoms with Crippen LogP contribution in [0.15, 0.2) is 97.1 Å². The van der Waals surface area contributed by atoms with Gasteiger partial charge in [-0.25, -0.2) is 0 Å². The first kappa shape index (κ1) is 14.2. The molecule has 0 aliphatic heterocycles. The summed E-state index contributed by atoms with van der Waals surface area (Å²) in [6.07, 6.45) is 2.31. The van der Waals surface area contributed by atoms with Crippen molar-refractivity contribution in [1.82, 2.24) is 0 Å². The van der Waals surface area contributed by atoms with E-state index in [2.05, 4.69) is 103 Å². The van der Waals surface area contributed by atoms with E-state index >= 15 is 0 Å². The van der Waals surface area contributed by atoms with Crippen LogP contribution in [0.3, 0.4) is 0 Å². The monoisotopic (exact) mass is 317 g/mol. The molecule has 0 aromatic heterocycles. The predicted molar refractivity (Wildman–Crippen MR) is 105 cm³/mol. The molecule has 1 aliphatic rings. The van der Waals surface area contributed by atoms with Gasteiger partial charge in [0, 0.05) is 6.42 Å². The Hall–Kier alpha value is -3.12. The zero-order valence-corrected chi connectivity index (χ0v) is 13.8. The summed E-state index contributed by atoms with van der Waals surface area (Å²) in [5.74, 6) is 0. The average molecular weight is 317 g/mol. The fraction of sp³-hybridized carbons (Fsp3) is 0. The van der Waals surface area contributed by atoms with E-state index in [9.17, 15) is 0 Å². The maximum Gasteiger partial charge on any atom is 0.0212 e. The highest BCUT2D eigenvalue weighted by molar-refractivity contribution is 5.86. The van der Waals surface area contributed by atoms with Crippen molar-refractivity contribution in [2.45, 2.75) is 0 Å². The molecule has 0 spiro atoms. The van der Waals surface area contributed by atoms with Gasteiger partial charge in [-0.2, -0.15) is 0 Å². The van der Waals surface area contributed by atoms with Crippen molar-refractivity contribution >= 4 is 0 Å². The van der Waals surface area contributed by atoms with Gasteiger partial charge in [-0.1, -0.05) is 84.9 Å². The van der Waals surface area contributed by atoms with E-state index in [1.165, 1.54) is 44.5 Å². The maximum absolute atomic E-state index is 2.31. The molecule has 117 valence electrons. The Morgan fingerprint density at radius 3 is 1.24 bits per heavy atom. The lowest BCUT2D eigenvalue weighted by molar-refractivity contribution is 1.52. The molecule has 25 heavy (non-hydrogen) atoms. The molecule has 0 unspecified atom stereocenters. The van der Waals surface area contributed by atoms with Gasteiger partial charge in [0.1, 0.15) is 0 Å². The summed E-state index contributed by atoms with van der Waals surface area (Å²) in [7, 11) is 0. The highest BCUT2D eigenvalue weighted by Crippen LogP contribution is 2.41. The molecule has 0 fully saturated rings. The molecule has 0 atom stereocenters. The fourth-order valence-corrected chi connectivity index (χ4v) is 3.64. The number of hydrogen-bond acceptors (Lipinski definition) is 0. The molecule has 0 N–H and O–H groups in total. The number of benzene rings is 4. The minimum Gasteiger partial charge on any atom is -0.0622 e. The standard InChI is InChI=1S/C25H17/c1-3-7-18(8-4-1)20-11-13-24-22(15-20)17-23-16-21(12-14-25(23)24)19-9-5-2-6-10-19/h1-17H. The average Bonchev–Trinajstić information content (AvgIpc) is 3.06. The van der Waals surface area contributed by atoms with Crippen LogP contribution in [0.25, 0.3) is 33.4 Å². The molecule has 1 radical (unpaired) electrons. The molecule has 0 nitrogen and oxygen atoms in total. The quantitative estimate of drug-likeness (QED) is 0.344. The minimum atomic E-state index is 1.26. The third kappa shape index (κ3) is 2.47. The Balaban J connectivity index is 1.55. The summed E-state index contributed by atoms with van der Waals surface area (Å²) in [6, 6.07) is 34.7. The molecule has 0 saturated carbocycles. The van der Waals surface area contributed by atoms with Crippen molar-refractivity contribution in [2.75, 3.05) is 0 Å². The van der Waals surface area contributed by atoms with E-state index in [-0.39, 0.29) is 0 Å². The van der Waals surface area contributed by atoms with Gasteiger partial charge in [-0.05, 0) is 56.6 Å². The second-order valence-electron chi connectivity index (χ2n) is 6.48. The molecule has 0 amide bonds. The van der Waals surface area contributed by atoms with Crippen molar-refractivity contribution in [3.8, 4) is 33.4 Å². The fourth-order valence-electron chi connectivity index (χ4n) is 3.64. The lowest BCUT2D eigenvalue weighted by Gasteiger charge is -2.06. The van der Waals surface area contributed by atoms with Gasteiger partial charge in [0.15, 0.2) is 0 Å². The number of fused-ring (bicyclic) bond motifs is 3. The van der Waals surface area contributed by atoms with Gasteiger partial charge in [-0.15, -0.1) is 0 Å². The Labute approximate surface area is 148 Å². The Morgan fingerprint density at radius 1 is 0.360 bits per heavy atom. The highest BCUT2D eigenvalue weighted by Gasteiger charge is 2.19. The second-order valence-corrected chi connectivity index (χ2v) is 6.48. The van der Waals surface area contributed by atoms with E-state index < -0.39 is 0 Å². The summed E-state index contributed by atoms with van der Waals surface area (Å²) < 4.78 is 0. The normalized spacial score (nSPS) is 11.8. The molecule has 4 aromatic rings. The highest BCUT2D eigenvalue weighted by atomic mass is 14.2. The van der Waals surface area contributed by atoms with Gasteiger partial charge >= 0.3 is 0 Å². The Morgan fingerprint density at radius 2 is 0.800 bits per heavy atom. The van der Waals surface area contributed by atoms with Gasteiger partial charge in [0.05, 0.1) is 0 Å². The SMILES string of the molecule is [CH]1c2cc(-c3ccccc3)ccc2-c2ccc(-c3ccccc3)cc21. The van der Waals surface area contributed by atoms with Crippen LogP contribution in [0.1, 0.15) is 11.1 Å². The second kappa shape index (κ2) is 5.75. The predicted octanol–water partition coefficient (Wildman–Crippen LogP) is 6.60. The van der Waals surface area contributed by atoms with Crippen LogP contribution in [0.5, 0.6) is 0 Å². The molecule has 0 saturated heterocycles. The third-order valence-corrected chi connectivity index (χ3v) is 4.92. The van der Waals surface area contributed by atoms with Crippen LogP contribution in [-0.2, 0) is 0 Å². The van der Waals surface area contributed by atoms with Gasteiger partial charge in [0.25, 0.3) is 0 Å². The zero-order valence-electron chi connectivity index (χ0n) is 13.8. The van der Waals surface area contributed by atoms with Crippen molar-refractivity contribution in [3.63, 3.8) is 0 Å². The summed E-state index contributed by atoms with van der Waals surface area (Å²) in [5, 5.41) is 0. The van der Waals surface area contributed by atoms with E-state index in [4.69, 9.17) is 0 Å². The van der Waals surface area contributed by atoms with Crippen molar-refractivity contribution < 1.29 is 0 Å². The molecule has 0 bridgehead atoms. The first-order chi connectivity index (χ1) is 12.4. The number of rotatable bonds is 2. The first-order valence-corrected chi connectivity index (χ1v) is 8.62. The van der Waals surface area contributed by atoms with E-state index in [1.54, 1.807) is 0 Å². The molecule has 0 heterocycles. The molecule has 5 rings (SSSR count). The van der Waals surface area contributed by atoms with Crippen LogP contribution >= 0.6 is 0 Å². The molecule has 4 aromatic carbocycles. The zero-order chi connectivity index (χ0) is 16.6. The van der Waals surface area contributed by atoms with Crippen LogP contribution in [0, 0.1) is 6.42 Å². The molecular weight excluding hydrogens is 300 g/mol. The summed E-state index contributed by atoms with van der Waals surface area (Å²) in [6.45, 7) is 0. The van der Waals surface area contributed by atoms with Crippen LogP contribution in [0.4, 0.5) is 0 Å². The van der Waals surface area contributed by atoms with E-state index in [1.807, 2.05) is 0 Å². The topological polar surface area (TPSA) is 0 Å². The van der Waals surface area contributed by atoms with Crippen LogP contribution in [-0.4, -0.2) is 0 Å². The van der Waals surface area contributed by atoms with Crippen LogP contribution < -0.4 is 0 Å².